The lowest BCUT2D eigenvalue weighted by Crippen LogP contribution is -2.29. The van der Waals surface area contributed by atoms with Gasteiger partial charge in [0.05, 0.1) is 18.6 Å². The highest BCUT2D eigenvalue weighted by atomic mass is 16.5. The minimum atomic E-state index is 0.687. The fourth-order valence-corrected chi connectivity index (χ4v) is 1.93. The van der Waals surface area contributed by atoms with E-state index in [-0.39, 0.29) is 0 Å². The Labute approximate surface area is 90.6 Å². The molecular formula is C11H19N3O. The van der Waals surface area contributed by atoms with Crippen molar-refractivity contribution in [1.82, 2.24) is 14.9 Å². The lowest BCUT2D eigenvalue weighted by Gasteiger charge is -2.22. The molecule has 4 nitrogen and oxygen atoms in total. The molecule has 1 saturated heterocycles. The maximum Gasteiger partial charge on any atom is 0.0945 e. The summed E-state index contributed by atoms with van der Waals surface area (Å²) in [4.78, 5) is 4.09. The molecule has 1 aliphatic heterocycles. The van der Waals surface area contributed by atoms with Crippen LogP contribution in [0.4, 0.5) is 0 Å². The van der Waals surface area contributed by atoms with Crippen LogP contribution in [0.3, 0.4) is 0 Å². The van der Waals surface area contributed by atoms with Crippen molar-refractivity contribution in [3.05, 3.63) is 18.2 Å². The average molecular weight is 209 g/mol. The van der Waals surface area contributed by atoms with Crippen molar-refractivity contribution in [2.24, 2.45) is 13.0 Å². The van der Waals surface area contributed by atoms with E-state index in [0.29, 0.717) is 5.92 Å². The molecule has 0 spiro atoms. The van der Waals surface area contributed by atoms with Crippen LogP contribution in [-0.2, 0) is 18.3 Å². The van der Waals surface area contributed by atoms with Gasteiger partial charge >= 0.3 is 0 Å². The zero-order valence-electron chi connectivity index (χ0n) is 9.28. The Balaban J connectivity index is 1.68. The molecule has 0 bridgehead atoms. The van der Waals surface area contributed by atoms with Gasteiger partial charge in [0.1, 0.15) is 0 Å². The number of rotatable bonds is 4. The molecule has 2 heterocycles. The molecule has 4 heteroatoms. The molecule has 1 unspecified atom stereocenters. The number of nitrogens with zero attached hydrogens (tertiary/aromatic N) is 2. The molecule has 0 amide bonds. The van der Waals surface area contributed by atoms with Crippen LogP contribution in [-0.4, -0.2) is 29.3 Å². The van der Waals surface area contributed by atoms with Gasteiger partial charge in [0.15, 0.2) is 0 Å². The van der Waals surface area contributed by atoms with Crippen LogP contribution in [0.25, 0.3) is 0 Å². The van der Waals surface area contributed by atoms with E-state index in [4.69, 9.17) is 4.74 Å². The molecule has 0 radical (unpaired) electrons. The number of imidazole rings is 1. The topological polar surface area (TPSA) is 39.1 Å². The van der Waals surface area contributed by atoms with Crippen molar-refractivity contribution >= 4 is 0 Å². The number of aromatic nitrogens is 2. The molecule has 2 rings (SSSR count). The SMILES string of the molecule is Cn1cncc1CNCC1CCCOC1. The molecule has 84 valence electrons. The molecule has 1 aliphatic rings. The molecule has 0 aromatic carbocycles. The standard InChI is InChI=1S/C11H19N3O/c1-14-9-13-7-11(14)6-12-5-10-3-2-4-15-8-10/h7,9-10,12H,2-6,8H2,1H3. The largest absolute Gasteiger partial charge is 0.381 e. The highest BCUT2D eigenvalue weighted by molar-refractivity contribution is 4.96. The van der Waals surface area contributed by atoms with E-state index >= 15 is 0 Å². The van der Waals surface area contributed by atoms with Gasteiger partial charge in [-0.3, -0.25) is 0 Å². The van der Waals surface area contributed by atoms with Gasteiger partial charge in [-0.05, 0) is 18.8 Å². The van der Waals surface area contributed by atoms with Crippen LogP contribution in [0.2, 0.25) is 0 Å². The first-order valence-electron chi connectivity index (χ1n) is 5.60. The maximum atomic E-state index is 5.44. The van der Waals surface area contributed by atoms with Crippen LogP contribution in [0.15, 0.2) is 12.5 Å². The summed E-state index contributed by atoms with van der Waals surface area (Å²) < 4.78 is 7.48. The summed E-state index contributed by atoms with van der Waals surface area (Å²) in [7, 11) is 2.02. The van der Waals surface area contributed by atoms with E-state index in [1.165, 1.54) is 18.5 Å². The second-order valence-electron chi connectivity index (χ2n) is 4.21. The number of hydrogen-bond donors (Lipinski definition) is 1. The molecule has 1 aromatic rings. The van der Waals surface area contributed by atoms with Gasteiger partial charge < -0.3 is 14.6 Å². The van der Waals surface area contributed by atoms with Crippen LogP contribution in [0.1, 0.15) is 18.5 Å². The maximum absolute atomic E-state index is 5.44. The lowest BCUT2D eigenvalue weighted by atomic mass is 10.0. The summed E-state index contributed by atoms with van der Waals surface area (Å²) in [5.74, 6) is 0.687. The van der Waals surface area contributed by atoms with Crippen molar-refractivity contribution < 1.29 is 4.74 Å². The minimum Gasteiger partial charge on any atom is -0.381 e. The molecule has 15 heavy (non-hydrogen) atoms. The number of aryl methyl sites for hydroxylation is 1. The Bertz CT molecular complexity index is 292. The van der Waals surface area contributed by atoms with E-state index in [1.54, 1.807) is 0 Å². The van der Waals surface area contributed by atoms with E-state index < -0.39 is 0 Å². The van der Waals surface area contributed by atoms with Gasteiger partial charge in [0.2, 0.25) is 0 Å². The van der Waals surface area contributed by atoms with Crippen molar-refractivity contribution in [3.8, 4) is 0 Å². The van der Waals surface area contributed by atoms with E-state index in [1.807, 2.05) is 24.1 Å². The van der Waals surface area contributed by atoms with E-state index in [9.17, 15) is 0 Å². The summed E-state index contributed by atoms with van der Waals surface area (Å²) in [6, 6.07) is 0. The Morgan fingerprint density at radius 1 is 1.67 bits per heavy atom. The second-order valence-corrected chi connectivity index (χ2v) is 4.21. The molecular weight excluding hydrogens is 190 g/mol. The predicted molar refractivity (Wildman–Crippen MR) is 58.5 cm³/mol. The molecule has 1 atom stereocenters. The minimum absolute atomic E-state index is 0.687. The van der Waals surface area contributed by atoms with Gasteiger partial charge in [-0.25, -0.2) is 4.98 Å². The fraction of sp³-hybridized carbons (Fsp3) is 0.727. The van der Waals surface area contributed by atoms with E-state index in [0.717, 1.165) is 26.3 Å². The smallest absolute Gasteiger partial charge is 0.0945 e. The van der Waals surface area contributed by atoms with Crippen molar-refractivity contribution in [2.75, 3.05) is 19.8 Å². The van der Waals surface area contributed by atoms with Crippen molar-refractivity contribution in [2.45, 2.75) is 19.4 Å². The first-order chi connectivity index (χ1) is 7.36. The summed E-state index contributed by atoms with van der Waals surface area (Å²) in [6.45, 7) is 3.80. The van der Waals surface area contributed by atoms with E-state index in [2.05, 4.69) is 10.3 Å². The fourth-order valence-electron chi connectivity index (χ4n) is 1.93. The first kappa shape index (κ1) is 10.6. The van der Waals surface area contributed by atoms with Crippen LogP contribution < -0.4 is 5.32 Å². The Morgan fingerprint density at radius 3 is 3.27 bits per heavy atom. The quantitative estimate of drug-likeness (QED) is 0.802. The third-order valence-electron chi connectivity index (χ3n) is 2.91. The molecule has 1 aromatic heterocycles. The summed E-state index contributed by atoms with van der Waals surface area (Å²) >= 11 is 0. The van der Waals surface area contributed by atoms with Gasteiger partial charge in [-0.15, -0.1) is 0 Å². The van der Waals surface area contributed by atoms with Gasteiger partial charge in [0, 0.05) is 32.9 Å². The Morgan fingerprint density at radius 2 is 2.60 bits per heavy atom. The first-order valence-corrected chi connectivity index (χ1v) is 5.60. The summed E-state index contributed by atoms with van der Waals surface area (Å²) in [6.07, 6.45) is 6.24. The lowest BCUT2D eigenvalue weighted by molar-refractivity contribution is 0.0547. The normalized spacial score (nSPS) is 21.8. The Kier molecular flexibility index (Phi) is 3.75. The highest BCUT2D eigenvalue weighted by Crippen LogP contribution is 2.12. The van der Waals surface area contributed by atoms with Crippen molar-refractivity contribution in [1.29, 1.82) is 0 Å². The zero-order chi connectivity index (χ0) is 10.5. The number of hydrogen-bond acceptors (Lipinski definition) is 3. The van der Waals surface area contributed by atoms with Crippen molar-refractivity contribution in [3.63, 3.8) is 0 Å². The van der Waals surface area contributed by atoms with Crippen LogP contribution >= 0.6 is 0 Å². The third-order valence-corrected chi connectivity index (χ3v) is 2.91. The van der Waals surface area contributed by atoms with Crippen LogP contribution in [0, 0.1) is 5.92 Å². The molecule has 0 aliphatic carbocycles. The summed E-state index contributed by atoms with van der Waals surface area (Å²) in [5, 5.41) is 3.46. The second kappa shape index (κ2) is 5.28. The van der Waals surface area contributed by atoms with Gasteiger partial charge in [-0.2, -0.15) is 0 Å². The average Bonchev–Trinajstić information content (AvgIpc) is 2.66. The predicted octanol–water partition coefficient (Wildman–Crippen LogP) is 0.936. The van der Waals surface area contributed by atoms with Gasteiger partial charge in [0.25, 0.3) is 0 Å². The third kappa shape index (κ3) is 3.04. The van der Waals surface area contributed by atoms with Crippen LogP contribution in [0.5, 0.6) is 0 Å². The number of nitrogens with one attached hydrogen (secondary N) is 1. The molecule has 1 fully saturated rings. The summed E-state index contributed by atoms with van der Waals surface area (Å²) in [5.41, 5.74) is 1.23. The Hall–Kier alpha value is -0.870. The highest BCUT2D eigenvalue weighted by Gasteiger charge is 2.13. The zero-order valence-corrected chi connectivity index (χ0v) is 9.28. The molecule has 1 N–H and O–H groups in total. The molecule has 0 saturated carbocycles. The van der Waals surface area contributed by atoms with Gasteiger partial charge in [-0.1, -0.05) is 0 Å². The monoisotopic (exact) mass is 209 g/mol. The number of ether oxygens (including phenoxy) is 1.